The van der Waals surface area contributed by atoms with E-state index in [9.17, 15) is 0 Å². The number of rotatable bonds is 5. The van der Waals surface area contributed by atoms with Crippen molar-refractivity contribution in [2.45, 2.75) is 82.8 Å². The van der Waals surface area contributed by atoms with Gasteiger partial charge in [-0.05, 0) is 25.7 Å². The Morgan fingerprint density at radius 3 is 1.44 bits per heavy atom. The van der Waals surface area contributed by atoms with E-state index in [0.29, 0.717) is 12.2 Å². The van der Waals surface area contributed by atoms with Gasteiger partial charge in [-0.2, -0.15) is 0 Å². The second-order valence-corrected chi connectivity index (χ2v) is 6.20. The molecule has 0 atom stereocenters. The molecular formula is C15H30NO2+. The first-order valence-corrected chi connectivity index (χ1v) is 7.86. The van der Waals surface area contributed by atoms with Crippen LogP contribution in [0.15, 0.2) is 0 Å². The van der Waals surface area contributed by atoms with Gasteiger partial charge < -0.3 is 9.47 Å². The highest BCUT2D eigenvalue weighted by Gasteiger charge is 2.27. The van der Waals surface area contributed by atoms with E-state index in [1.54, 1.807) is 0 Å². The minimum absolute atomic E-state index is 0.0591. The molecule has 2 aliphatic carbocycles. The molecule has 2 rings (SSSR count). The van der Waals surface area contributed by atoms with Crippen LogP contribution < -0.4 is 4.90 Å². The highest BCUT2D eigenvalue weighted by atomic mass is 16.7. The normalized spacial score (nSPS) is 24.0. The number of ether oxygens (including phenoxy) is 2. The van der Waals surface area contributed by atoms with Gasteiger partial charge in [-0.3, -0.25) is 4.90 Å². The quantitative estimate of drug-likeness (QED) is 0.761. The summed E-state index contributed by atoms with van der Waals surface area (Å²) in [6.07, 6.45) is 13.7. The van der Waals surface area contributed by atoms with E-state index in [1.807, 2.05) is 0 Å². The maximum absolute atomic E-state index is 6.20. The summed E-state index contributed by atoms with van der Waals surface area (Å²) in [4.78, 5) is 1.27. The third-order valence-corrected chi connectivity index (χ3v) is 4.21. The smallest absolute Gasteiger partial charge is 0.302 e. The Morgan fingerprint density at radius 1 is 0.722 bits per heavy atom. The first-order valence-electron chi connectivity index (χ1n) is 7.86. The first kappa shape index (κ1) is 14.3. The summed E-state index contributed by atoms with van der Waals surface area (Å²) in [6.45, 7) is 0. The molecular weight excluding hydrogens is 226 g/mol. The van der Waals surface area contributed by atoms with Gasteiger partial charge in [0, 0.05) is 0 Å². The van der Waals surface area contributed by atoms with E-state index in [4.69, 9.17) is 9.47 Å². The largest absolute Gasteiger partial charge is 0.307 e. The topological polar surface area (TPSA) is 22.9 Å². The Balaban J connectivity index is 1.78. The molecule has 1 N–H and O–H groups in total. The third kappa shape index (κ3) is 4.52. The van der Waals surface area contributed by atoms with Gasteiger partial charge in [-0.15, -0.1) is 0 Å². The van der Waals surface area contributed by atoms with Crippen LogP contribution in [0, 0.1) is 0 Å². The summed E-state index contributed by atoms with van der Waals surface area (Å²) in [6, 6.07) is 0. The molecule has 2 fully saturated rings. The number of quaternary nitrogens is 1. The molecule has 18 heavy (non-hydrogen) atoms. The second-order valence-electron chi connectivity index (χ2n) is 6.20. The molecule has 0 aromatic heterocycles. The van der Waals surface area contributed by atoms with Crippen LogP contribution >= 0.6 is 0 Å². The molecule has 3 heteroatoms. The highest BCUT2D eigenvalue weighted by molar-refractivity contribution is 4.67. The van der Waals surface area contributed by atoms with Crippen LogP contribution in [-0.2, 0) is 9.47 Å². The molecule has 0 unspecified atom stereocenters. The van der Waals surface area contributed by atoms with Crippen molar-refractivity contribution >= 4 is 0 Å². The summed E-state index contributed by atoms with van der Waals surface area (Å²) in [5.74, 6) is 0. The van der Waals surface area contributed by atoms with Crippen molar-refractivity contribution in [3.8, 4) is 0 Å². The van der Waals surface area contributed by atoms with Crippen molar-refractivity contribution in [3.63, 3.8) is 0 Å². The second kappa shape index (κ2) is 7.46. The third-order valence-electron chi connectivity index (χ3n) is 4.21. The lowest BCUT2D eigenvalue weighted by molar-refractivity contribution is -0.941. The average molecular weight is 256 g/mol. The van der Waals surface area contributed by atoms with Gasteiger partial charge in [0.15, 0.2) is 0 Å². The maximum Gasteiger partial charge on any atom is 0.307 e. The van der Waals surface area contributed by atoms with Crippen LogP contribution in [0.1, 0.15) is 64.2 Å². The Labute approximate surface area is 112 Å². The van der Waals surface area contributed by atoms with Crippen molar-refractivity contribution in [1.29, 1.82) is 0 Å². The standard InChI is InChI=1S/C15H29NO2/c1-16(2)15(17-13-9-5-3-6-10-13)18-14-11-7-4-8-12-14/h13-15H,3-12H2,1-2H3/p+1. The molecule has 0 aromatic rings. The zero-order valence-corrected chi connectivity index (χ0v) is 12.1. The summed E-state index contributed by atoms with van der Waals surface area (Å²) in [7, 11) is 4.27. The molecule has 0 spiro atoms. The van der Waals surface area contributed by atoms with Crippen LogP contribution in [0.3, 0.4) is 0 Å². The predicted molar refractivity (Wildman–Crippen MR) is 72.5 cm³/mol. The van der Waals surface area contributed by atoms with Gasteiger partial charge in [0.25, 0.3) is 0 Å². The lowest BCUT2D eigenvalue weighted by atomic mass is 9.97. The molecule has 0 heterocycles. The highest BCUT2D eigenvalue weighted by Crippen LogP contribution is 2.24. The van der Waals surface area contributed by atoms with Gasteiger partial charge in [0.2, 0.25) is 0 Å². The Kier molecular flexibility index (Phi) is 5.93. The summed E-state index contributed by atoms with van der Waals surface area (Å²) >= 11 is 0. The number of hydrogen-bond acceptors (Lipinski definition) is 2. The Bertz CT molecular complexity index is 201. The van der Waals surface area contributed by atoms with Crippen LogP contribution in [0.2, 0.25) is 0 Å². The zero-order chi connectivity index (χ0) is 12.8. The van der Waals surface area contributed by atoms with Gasteiger partial charge in [-0.1, -0.05) is 38.5 Å². The zero-order valence-electron chi connectivity index (χ0n) is 12.1. The van der Waals surface area contributed by atoms with E-state index in [0.717, 1.165) is 0 Å². The van der Waals surface area contributed by atoms with Crippen molar-refractivity contribution in [2.24, 2.45) is 0 Å². The lowest BCUT2D eigenvalue weighted by Crippen LogP contribution is -3.11. The molecule has 2 aliphatic rings. The molecule has 0 amide bonds. The predicted octanol–water partition coefficient (Wildman–Crippen LogP) is 2.11. The SMILES string of the molecule is C[NH+](C)C(OC1CCCCC1)OC1CCCCC1. The molecule has 3 nitrogen and oxygen atoms in total. The Hall–Kier alpha value is -0.120. The van der Waals surface area contributed by atoms with Gasteiger partial charge in [0.1, 0.15) is 0 Å². The molecule has 2 saturated carbocycles. The molecule has 0 radical (unpaired) electrons. The number of nitrogens with one attached hydrogen (secondary N) is 1. The summed E-state index contributed by atoms with van der Waals surface area (Å²) < 4.78 is 12.4. The maximum atomic E-state index is 6.20. The molecule has 0 saturated heterocycles. The van der Waals surface area contributed by atoms with E-state index >= 15 is 0 Å². The van der Waals surface area contributed by atoms with Gasteiger partial charge in [-0.25, -0.2) is 0 Å². The Morgan fingerprint density at radius 2 is 1.11 bits per heavy atom. The molecule has 0 aromatic carbocycles. The van der Waals surface area contributed by atoms with Crippen molar-refractivity contribution in [1.82, 2.24) is 0 Å². The van der Waals surface area contributed by atoms with Crippen LogP contribution in [0.25, 0.3) is 0 Å². The monoisotopic (exact) mass is 256 g/mol. The minimum atomic E-state index is -0.0591. The number of hydrogen-bond donors (Lipinski definition) is 1. The van der Waals surface area contributed by atoms with Gasteiger partial charge >= 0.3 is 6.41 Å². The fourth-order valence-electron chi connectivity index (χ4n) is 3.06. The van der Waals surface area contributed by atoms with Crippen LogP contribution in [0.4, 0.5) is 0 Å². The van der Waals surface area contributed by atoms with Gasteiger partial charge in [0.05, 0.1) is 26.3 Å². The van der Waals surface area contributed by atoms with Crippen LogP contribution in [0.5, 0.6) is 0 Å². The fraction of sp³-hybridized carbons (Fsp3) is 1.00. The lowest BCUT2D eigenvalue weighted by Gasteiger charge is -2.32. The molecule has 0 bridgehead atoms. The molecule has 106 valence electrons. The average Bonchev–Trinajstić information content (AvgIpc) is 2.40. The summed E-state index contributed by atoms with van der Waals surface area (Å²) in [5.41, 5.74) is 0. The van der Waals surface area contributed by atoms with E-state index in [2.05, 4.69) is 14.1 Å². The molecule has 0 aliphatic heterocycles. The van der Waals surface area contributed by atoms with Crippen molar-refractivity contribution < 1.29 is 14.4 Å². The van der Waals surface area contributed by atoms with Crippen LogP contribution in [-0.4, -0.2) is 32.7 Å². The van der Waals surface area contributed by atoms with E-state index in [-0.39, 0.29) is 6.41 Å². The minimum Gasteiger partial charge on any atom is -0.302 e. The van der Waals surface area contributed by atoms with Crippen molar-refractivity contribution in [2.75, 3.05) is 14.1 Å². The van der Waals surface area contributed by atoms with Crippen molar-refractivity contribution in [3.05, 3.63) is 0 Å². The fourth-order valence-corrected chi connectivity index (χ4v) is 3.06. The van der Waals surface area contributed by atoms with E-state index < -0.39 is 0 Å². The van der Waals surface area contributed by atoms with E-state index in [1.165, 1.54) is 69.1 Å². The first-order chi connectivity index (χ1) is 8.75. The summed E-state index contributed by atoms with van der Waals surface area (Å²) in [5, 5.41) is 0.